The van der Waals surface area contributed by atoms with E-state index >= 15 is 0 Å². The minimum Gasteiger partial charge on any atom is -0.462 e. The first-order valence-corrected chi connectivity index (χ1v) is 7.67. The van der Waals surface area contributed by atoms with E-state index in [0.29, 0.717) is 35.3 Å². The van der Waals surface area contributed by atoms with Crippen LogP contribution >= 0.6 is 0 Å². The van der Waals surface area contributed by atoms with Gasteiger partial charge in [0.05, 0.1) is 18.2 Å². The number of allylic oxidation sites excluding steroid dienone is 1. The molecule has 0 aliphatic carbocycles. The van der Waals surface area contributed by atoms with Gasteiger partial charge < -0.3 is 4.74 Å². The van der Waals surface area contributed by atoms with Crippen LogP contribution in [0.1, 0.15) is 55.6 Å². The van der Waals surface area contributed by atoms with Gasteiger partial charge in [-0.2, -0.15) is 0 Å². The largest absolute Gasteiger partial charge is 0.462 e. The zero-order valence-corrected chi connectivity index (χ0v) is 13.6. The molecule has 0 saturated heterocycles. The lowest BCUT2D eigenvalue weighted by Crippen LogP contribution is -2.14. The molecule has 5 heteroatoms. The maximum Gasteiger partial charge on any atom is 0.339 e. The highest BCUT2D eigenvalue weighted by Gasteiger charge is 2.24. The number of nitrogens with zero attached hydrogens (tertiary/aromatic N) is 1. The maximum absolute atomic E-state index is 14.3. The van der Waals surface area contributed by atoms with Crippen LogP contribution in [0.15, 0.2) is 34.8 Å². The average molecular weight is 317 g/mol. The molecule has 2 rings (SSSR count). The lowest BCUT2D eigenvalue weighted by atomic mass is 9.95. The van der Waals surface area contributed by atoms with Crippen LogP contribution in [-0.4, -0.2) is 24.1 Å². The van der Waals surface area contributed by atoms with Crippen LogP contribution in [0.5, 0.6) is 0 Å². The number of halogens is 1. The van der Waals surface area contributed by atoms with Gasteiger partial charge in [-0.25, -0.2) is 9.18 Å². The van der Waals surface area contributed by atoms with Crippen molar-refractivity contribution < 1.29 is 18.7 Å². The molecule has 0 aromatic heterocycles. The van der Waals surface area contributed by atoms with E-state index in [2.05, 4.69) is 4.99 Å². The van der Waals surface area contributed by atoms with Crippen LogP contribution in [0.2, 0.25) is 0 Å². The van der Waals surface area contributed by atoms with Gasteiger partial charge in [0.15, 0.2) is 5.78 Å². The third kappa shape index (κ3) is 3.73. The summed E-state index contributed by atoms with van der Waals surface area (Å²) >= 11 is 0. The number of esters is 1. The summed E-state index contributed by atoms with van der Waals surface area (Å²) in [5.74, 6) is -1.07. The molecule has 0 fully saturated rings. The molecule has 122 valence electrons. The van der Waals surface area contributed by atoms with E-state index in [-0.39, 0.29) is 12.4 Å². The Morgan fingerprint density at radius 1 is 1.39 bits per heavy atom. The lowest BCUT2D eigenvalue weighted by molar-refractivity contribution is -0.137. The highest BCUT2D eigenvalue weighted by Crippen LogP contribution is 2.32. The molecule has 0 amide bonds. The third-order valence-electron chi connectivity index (χ3n) is 3.79. The van der Waals surface area contributed by atoms with Crippen molar-refractivity contribution in [2.75, 3.05) is 6.61 Å². The summed E-state index contributed by atoms with van der Waals surface area (Å²) in [6, 6.07) is 3.97. The van der Waals surface area contributed by atoms with E-state index < -0.39 is 17.8 Å². The number of carbonyl (C=O) groups is 2. The highest BCUT2D eigenvalue weighted by atomic mass is 19.1. The predicted molar refractivity (Wildman–Crippen MR) is 86.2 cm³/mol. The van der Waals surface area contributed by atoms with E-state index in [9.17, 15) is 14.0 Å². The van der Waals surface area contributed by atoms with Crippen LogP contribution in [0.3, 0.4) is 0 Å². The zero-order valence-electron chi connectivity index (χ0n) is 13.6. The fraction of sp³-hybridized carbons (Fsp3) is 0.389. The van der Waals surface area contributed by atoms with Gasteiger partial charge in [0, 0.05) is 16.8 Å². The number of Topliss-reactive ketones (excluding diaryl/α,β-unsaturated/α-hetero) is 1. The Balaban J connectivity index is 2.41. The van der Waals surface area contributed by atoms with Gasteiger partial charge in [0.2, 0.25) is 0 Å². The van der Waals surface area contributed by atoms with Gasteiger partial charge in [-0.3, -0.25) is 9.79 Å². The summed E-state index contributed by atoms with van der Waals surface area (Å²) in [7, 11) is 0. The molecule has 0 N–H and O–H groups in total. The van der Waals surface area contributed by atoms with Crippen molar-refractivity contribution in [1.82, 2.24) is 0 Å². The summed E-state index contributed by atoms with van der Waals surface area (Å²) in [5.41, 5.74) is 1.56. The average Bonchev–Trinajstić information content (AvgIpc) is 2.68. The van der Waals surface area contributed by atoms with Gasteiger partial charge in [0.1, 0.15) is 5.82 Å². The van der Waals surface area contributed by atoms with Crippen LogP contribution in [0, 0.1) is 5.82 Å². The van der Waals surface area contributed by atoms with Crippen molar-refractivity contribution in [2.24, 2.45) is 4.99 Å². The zero-order chi connectivity index (χ0) is 17.0. The molecule has 4 nitrogen and oxygen atoms in total. The topological polar surface area (TPSA) is 55.7 Å². The fourth-order valence-electron chi connectivity index (χ4n) is 2.73. The fourth-order valence-corrected chi connectivity index (χ4v) is 2.73. The van der Waals surface area contributed by atoms with Crippen LogP contribution in [0.4, 0.5) is 4.39 Å². The van der Waals surface area contributed by atoms with Gasteiger partial charge >= 0.3 is 5.97 Å². The molecule has 0 radical (unpaired) electrons. The minimum atomic E-state index is -0.488. The molecule has 0 saturated carbocycles. The third-order valence-corrected chi connectivity index (χ3v) is 3.79. The molecule has 1 heterocycles. The molecule has 1 unspecified atom stereocenters. The van der Waals surface area contributed by atoms with Gasteiger partial charge in [0.25, 0.3) is 0 Å². The summed E-state index contributed by atoms with van der Waals surface area (Å²) in [4.78, 5) is 28.2. The summed E-state index contributed by atoms with van der Waals surface area (Å²) in [5, 5.41) is 0. The standard InChI is InChI=1S/C18H20FNO3/c1-4-23-18(22)13-7-6-10-16(20-11(13)2)17-14(12(3)21)8-5-9-15(17)19/h5,7-9,16H,4,6,10H2,1-3H3. The lowest BCUT2D eigenvalue weighted by Gasteiger charge is -2.16. The molecular formula is C18H20FNO3. The van der Waals surface area contributed by atoms with Crippen LogP contribution < -0.4 is 0 Å². The quantitative estimate of drug-likeness (QED) is 0.627. The molecule has 1 aliphatic heterocycles. The molecule has 1 aromatic rings. The molecule has 0 spiro atoms. The smallest absolute Gasteiger partial charge is 0.339 e. The normalized spacial score (nSPS) is 17.8. The Morgan fingerprint density at radius 3 is 2.78 bits per heavy atom. The monoisotopic (exact) mass is 317 g/mol. The second-order valence-corrected chi connectivity index (χ2v) is 5.40. The Morgan fingerprint density at radius 2 is 2.13 bits per heavy atom. The highest BCUT2D eigenvalue weighted by molar-refractivity contribution is 6.19. The summed E-state index contributed by atoms with van der Waals surface area (Å²) in [6.45, 7) is 5.14. The number of hydrogen-bond acceptors (Lipinski definition) is 4. The minimum absolute atomic E-state index is 0.199. The molecule has 0 bridgehead atoms. The van der Waals surface area contributed by atoms with Crippen LogP contribution in [0.25, 0.3) is 0 Å². The molecule has 23 heavy (non-hydrogen) atoms. The summed E-state index contributed by atoms with van der Waals surface area (Å²) < 4.78 is 19.3. The van der Waals surface area contributed by atoms with Crippen molar-refractivity contribution >= 4 is 17.5 Å². The van der Waals surface area contributed by atoms with Gasteiger partial charge in [-0.05, 0) is 39.7 Å². The number of ketones is 1. The molecule has 1 atom stereocenters. The number of hydrogen-bond donors (Lipinski definition) is 0. The van der Waals surface area contributed by atoms with Crippen molar-refractivity contribution in [3.8, 4) is 0 Å². The number of carbonyl (C=O) groups excluding carboxylic acids is 2. The second-order valence-electron chi connectivity index (χ2n) is 5.40. The molecule has 1 aliphatic rings. The predicted octanol–water partition coefficient (Wildman–Crippen LogP) is 3.81. The van der Waals surface area contributed by atoms with Gasteiger partial charge in [-0.1, -0.05) is 18.2 Å². The molecular weight excluding hydrogens is 297 g/mol. The number of benzene rings is 1. The Bertz CT molecular complexity index is 692. The van der Waals surface area contributed by atoms with E-state index in [1.54, 1.807) is 26.0 Å². The Kier molecular flexibility index (Phi) is 5.42. The number of rotatable bonds is 4. The SMILES string of the molecule is CCOC(=O)C1=CCCC(c2c(F)cccc2C(C)=O)N=C1C. The van der Waals surface area contributed by atoms with E-state index in [4.69, 9.17) is 4.74 Å². The van der Waals surface area contributed by atoms with Crippen LogP contribution in [-0.2, 0) is 9.53 Å². The van der Waals surface area contributed by atoms with E-state index in [0.717, 1.165) is 0 Å². The van der Waals surface area contributed by atoms with Gasteiger partial charge in [-0.15, -0.1) is 0 Å². The molecule has 1 aromatic carbocycles. The first-order valence-electron chi connectivity index (χ1n) is 7.67. The second kappa shape index (κ2) is 7.31. The number of aliphatic imine (C=N–C) groups is 1. The summed E-state index contributed by atoms with van der Waals surface area (Å²) in [6.07, 6.45) is 2.86. The maximum atomic E-state index is 14.3. The first-order chi connectivity index (χ1) is 11.0. The van der Waals surface area contributed by atoms with Crippen molar-refractivity contribution in [1.29, 1.82) is 0 Å². The van der Waals surface area contributed by atoms with Crippen molar-refractivity contribution in [2.45, 2.75) is 39.7 Å². The van der Waals surface area contributed by atoms with Crippen molar-refractivity contribution in [3.05, 3.63) is 46.8 Å². The van der Waals surface area contributed by atoms with E-state index in [1.807, 2.05) is 0 Å². The van der Waals surface area contributed by atoms with E-state index in [1.165, 1.54) is 19.1 Å². The first kappa shape index (κ1) is 17.1. The number of ether oxygens (including phenoxy) is 1. The Hall–Kier alpha value is -2.30. The van der Waals surface area contributed by atoms with Crippen molar-refractivity contribution in [3.63, 3.8) is 0 Å². The Labute approximate surface area is 135 Å².